The zero-order chi connectivity index (χ0) is 16.4. The van der Waals surface area contributed by atoms with Crippen molar-refractivity contribution in [1.82, 2.24) is 10.3 Å². The monoisotopic (exact) mass is 326 g/mol. The summed E-state index contributed by atoms with van der Waals surface area (Å²) >= 11 is 0. The number of nitrogens with zero attached hydrogens (tertiary/aromatic N) is 1. The molecule has 2 saturated carbocycles. The van der Waals surface area contributed by atoms with Gasteiger partial charge in [0.1, 0.15) is 0 Å². The highest BCUT2D eigenvalue weighted by molar-refractivity contribution is 5.56. The fourth-order valence-corrected chi connectivity index (χ4v) is 4.59. The lowest BCUT2D eigenvalue weighted by molar-refractivity contribution is -0.0190. The van der Waals surface area contributed by atoms with Crippen LogP contribution in [0.4, 0.5) is 0 Å². The molecule has 128 valence electrons. The van der Waals surface area contributed by atoms with Gasteiger partial charge in [0, 0.05) is 18.2 Å². The Kier molecular flexibility index (Phi) is 4.42. The molecule has 1 aromatic carbocycles. The summed E-state index contributed by atoms with van der Waals surface area (Å²) in [5.41, 5.74) is 2.54. The van der Waals surface area contributed by atoms with Gasteiger partial charge in [-0.2, -0.15) is 0 Å². The predicted octanol–water partition coefficient (Wildman–Crippen LogP) is 3.91. The Bertz CT molecular complexity index is 645. The second kappa shape index (κ2) is 6.69. The highest BCUT2D eigenvalue weighted by atomic mass is 16.3. The van der Waals surface area contributed by atoms with E-state index in [2.05, 4.69) is 34.6 Å². The molecule has 0 bridgehead atoms. The Labute approximate surface area is 143 Å². The van der Waals surface area contributed by atoms with E-state index in [1.165, 1.54) is 37.6 Å². The summed E-state index contributed by atoms with van der Waals surface area (Å²) in [6.07, 6.45) is 11.3. The van der Waals surface area contributed by atoms with Crippen molar-refractivity contribution in [2.24, 2.45) is 5.41 Å². The third-order valence-electron chi connectivity index (χ3n) is 6.01. The third kappa shape index (κ3) is 3.13. The highest BCUT2D eigenvalue weighted by Gasteiger charge is 2.44. The first-order chi connectivity index (χ1) is 11.8. The summed E-state index contributed by atoms with van der Waals surface area (Å²) in [7, 11) is 0. The second-order valence-electron chi connectivity index (χ2n) is 7.51. The zero-order valence-electron chi connectivity index (χ0n) is 14.1. The first kappa shape index (κ1) is 15.9. The van der Waals surface area contributed by atoms with Crippen LogP contribution in [0, 0.1) is 5.41 Å². The second-order valence-corrected chi connectivity index (χ2v) is 7.51. The lowest BCUT2D eigenvalue weighted by Crippen LogP contribution is -2.45. The summed E-state index contributed by atoms with van der Waals surface area (Å²) in [6.45, 7) is 0.882. The van der Waals surface area contributed by atoms with E-state index in [1.807, 2.05) is 0 Å². The van der Waals surface area contributed by atoms with Crippen LogP contribution in [0.5, 0.6) is 0 Å². The normalized spacial score (nSPS) is 26.0. The molecular formula is C20H26N2O2. The van der Waals surface area contributed by atoms with Crippen LogP contribution in [0.1, 0.15) is 50.5 Å². The van der Waals surface area contributed by atoms with Crippen molar-refractivity contribution < 1.29 is 9.52 Å². The Balaban J connectivity index is 1.35. The van der Waals surface area contributed by atoms with Gasteiger partial charge in [0.15, 0.2) is 12.2 Å². The number of hydrogen-bond donors (Lipinski definition) is 2. The SMILES string of the molecule is OC1CCC(NCc2ccc(-c3cnco3)cc2)CC12CCCC2. The number of aromatic nitrogens is 1. The number of rotatable bonds is 4. The fourth-order valence-electron chi connectivity index (χ4n) is 4.59. The molecular weight excluding hydrogens is 300 g/mol. The quantitative estimate of drug-likeness (QED) is 0.894. The fraction of sp³-hybridized carbons (Fsp3) is 0.550. The van der Waals surface area contributed by atoms with Crippen LogP contribution in [-0.4, -0.2) is 22.2 Å². The molecule has 2 fully saturated rings. The van der Waals surface area contributed by atoms with Gasteiger partial charge in [0.05, 0.1) is 12.3 Å². The highest BCUT2D eigenvalue weighted by Crippen LogP contribution is 2.49. The van der Waals surface area contributed by atoms with Gasteiger partial charge in [-0.25, -0.2) is 4.98 Å². The molecule has 0 saturated heterocycles. The molecule has 2 aliphatic carbocycles. The van der Waals surface area contributed by atoms with Gasteiger partial charge in [-0.3, -0.25) is 0 Å². The maximum absolute atomic E-state index is 10.4. The molecule has 4 rings (SSSR count). The summed E-state index contributed by atoms with van der Waals surface area (Å²) in [4.78, 5) is 3.96. The number of aliphatic hydroxyl groups excluding tert-OH is 1. The first-order valence-electron chi connectivity index (χ1n) is 9.14. The van der Waals surface area contributed by atoms with E-state index in [9.17, 15) is 5.11 Å². The molecule has 1 spiro atoms. The third-order valence-corrected chi connectivity index (χ3v) is 6.01. The molecule has 1 aromatic heterocycles. The Hall–Kier alpha value is -1.65. The van der Waals surface area contributed by atoms with Crippen LogP contribution >= 0.6 is 0 Å². The molecule has 2 unspecified atom stereocenters. The standard InChI is InChI=1S/C20H26N2O2/c23-19-8-7-17(11-20(19)9-1-2-10-20)22-12-15-3-5-16(6-4-15)18-13-21-14-24-18/h3-6,13-14,17,19,22-23H,1-2,7-12H2. The van der Waals surface area contributed by atoms with Gasteiger partial charge in [0.25, 0.3) is 0 Å². The number of nitrogens with one attached hydrogen (secondary N) is 1. The van der Waals surface area contributed by atoms with Gasteiger partial charge in [-0.15, -0.1) is 0 Å². The van der Waals surface area contributed by atoms with E-state index in [1.54, 1.807) is 6.20 Å². The largest absolute Gasteiger partial charge is 0.444 e. The van der Waals surface area contributed by atoms with Crippen molar-refractivity contribution in [1.29, 1.82) is 0 Å². The summed E-state index contributed by atoms with van der Waals surface area (Å²) in [5, 5.41) is 14.2. The van der Waals surface area contributed by atoms with E-state index in [-0.39, 0.29) is 11.5 Å². The zero-order valence-corrected chi connectivity index (χ0v) is 14.1. The first-order valence-corrected chi connectivity index (χ1v) is 9.14. The van der Waals surface area contributed by atoms with Crippen molar-refractivity contribution >= 4 is 0 Å². The molecule has 2 atom stereocenters. The molecule has 24 heavy (non-hydrogen) atoms. The average Bonchev–Trinajstić information content (AvgIpc) is 3.29. The van der Waals surface area contributed by atoms with E-state index in [4.69, 9.17) is 4.42 Å². The number of oxazole rings is 1. The van der Waals surface area contributed by atoms with Crippen LogP contribution in [0.3, 0.4) is 0 Å². The molecule has 4 heteroatoms. The summed E-state index contributed by atoms with van der Waals surface area (Å²) in [6, 6.07) is 8.99. The van der Waals surface area contributed by atoms with Gasteiger partial charge >= 0.3 is 0 Å². The van der Waals surface area contributed by atoms with E-state index >= 15 is 0 Å². The topological polar surface area (TPSA) is 58.3 Å². The Morgan fingerprint density at radius 2 is 1.96 bits per heavy atom. The minimum atomic E-state index is -0.0840. The van der Waals surface area contributed by atoms with Crippen LogP contribution in [0.2, 0.25) is 0 Å². The molecule has 2 aromatic rings. The van der Waals surface area contributed by atoms with Crippen molar-refractivity contribution in [3.05, 3.63) is 42.4 Å². The molecule has 2 aliphatic rings. The van der Waals surface area contributed by atoms with Crippen LogP contribution < -0.4 is 5.32 Å². The Morgan fingerprint density at radius 3 is 2.67 bits per heavy atom. The average molecular weight is 326 g/mol. The lowest BCUT2D eigenvalue weighted by Gasteiger charge is -2.42. The molecule has 2 N–H and O–H groups in total. The van der Waals surface area contributed by atoms with Crippen molar-refractivity contribution in [2.45, 2.75) is 63.6 Å². The molecule has 0 aliphatic heterocycles. The van der Waals surface area contributed by atoms with Gasteiger partial charge in [-0.05, 0) is 43.1 Å². The van der Waals surface area contributed by atoms with E-state index in [0.717, 1.165) is 37.1 Å². The molecule has 1 heterocycles. The number of aliphatic hydroxyl groups is 1. The predicted molar refractivity (Wildman–Crippen MR) is 93.3 cm³/mol. The maximum atomic E-state index is 10.4. The maximum Gasteiger partial charge on any atom is 0.181 e. The van der Waals surface area contributed by atoms with Crippen LogP contribution in [-0.2, 0) is 6.54 Å². The number of hydrogen-bond acceptors (Lipinski definition) is 4. The van der Waals surface area contributed by atoms with Crippen molar-refractivity contribution in [3.8, 4) is 11.3 Å². The van der Waals surface area contributed by atoms with Gasteiger partial charge in [0.2, 0.25) is 0 Å². The van der Waals surface area contributed by atoms with Gasteiger partial charge in [-0.1, -0.05) is 37.1 Å². The van der Waals surface area contributed by atoms with Crippen LogP contribution in [0.25, 0.3) is 11.3 Å². The molecule has 4 nitrogen and oxygen atoms in total. The van der Waals surface area contributed by atoms with E-state index < -0.39 is 0 Å². The van der Waals surface area contributed by atoms with E-state index in [0.29, 0.717) is 6.04 Å². The number of benzene rings is 1. The minimum Gasteiger partial charge on any atom is -0.444 e. The minimum absolute atomic E-state index is 0.0840. The van der Waals surface area contributed by atoms with Crippen molar-refractivity contribution in [3.63, 3.8) is 0 Å². The van der Waals surface area contributed by atoms with Crippen LogP contribution in [0.15, 0.2) is 41.3 Å². The summed E-state index contributed by atoms with van der Waals surface area (Å²) < 4.78 is 5.33. The Morgan fingerprint density at radius 1 is 1.17 bits per heavy atom. The summed E-state index contributed by atoms with van der Waals surface area (Å²) in [5.74, 6) is 0.805. The van der Waals surface area contributed by atoms with Crippen molar-refractivity contribution in [2.75, 3.05) is 0 Å². The van der Waals surface area contributed by atoms with Gasteiger partial charge < -0.3 is 14.8 Å². The smallest absolute Gasteiger partial charge is 0.181 e. The lowest BCUT2D eigenvalue weighted by atomic mass is 9.69. The molecule has 0 amide bonds. The molecule has 0 radical (unpaired) electrons.